The van der Waals surface area contributed by atoms with Crippen molar-refractivity contribution in [3.05, 3.63) is 20.9 Å². The summed E-state index contributed by atoms with van der Waals surface area (Å²) in [5.41, 5.74) is 7.52. The molecule has 0 radical (unpaired) electrons. The van der Waals surface area contributed by atoms with Crippen LogP contribution in [0.2, 0.25) is 0 Å². The molecule has 140 valence electrons. The largest absolute Gasteiger partial charge is 0.465 e. The number of esters is 1. The predicted octanol–water partition coefficient (Wildman–Crippen LogP) is 3.21. The van der Waals surface area contributed by atoms with Gasteiger partial charge in [-0.3, -0.25) is 0 Å². The molecule has 0 amide bonds. The van der Waals surface area contributed by atoms with Gasteiger partial charge in [-0.2, -0.15) is 0 Å². The van der Waals surface area contributed by atoms with Crippen LogP contribution in [0.4, 0.5) is 0 Å². The van der Waals surface area contributed by atoms with E-state index in [1.54, 1.807) is 11.3 Å². The maximum atomic E-state index is 12.2. The molecule has 1 aliphatic heterocycles. The van der Waals surface area contributed by atoms with Crippen LogP contribution in [0.25, 0.3) is 0 Å². The van der Waals surface area contributed by atoms with E-state index in [9.17, 15) is 4.79 Å². The molecule has 1 aromatic heterocycles. The maximum absolute atomic E-state index is 12.2. The molecule has 25 heavy (non-hydrogen) atoms. The molecule has 0 unspecified atom stereocenters. The van der Waals surface area contributed by atoms with Gasteiger partial charge >= 0.3 is 5.97 Å². The summed E-state index contributed by atoms with van der Waals surface area (Å²) < 4.78 is 16.7. The summed E-state index contributed by atoms with van der Waals surface area (Å²) in [6.07, 6.45) is 6.95. The highest BCUT2D eigenvalue weighted by Crippen LogP contribution is 2.41. The summed E-state index contributed by atoms with van der Waals surface area (Å²) in [5.74, 6) is 0.107. The fourth-order valence-electron chi connectivity index (χ4n) is 4.00. The first-order chi connectivity index (χ1) is 12.1. The zero-order valence-corrected chi connectivity index (χ0v) is 16.1. The smallest absolute Gasteiger partial charge is 0.339 e. The summed E-state index contributed by atoms with van der Waals surface area (Å²) in [6.45, 7) is 4.14. The summed E-state index contributed by atoms with van der Waals surface area (Å²) >= 11 is 1.77. The fourth-order valence-corrected chi connectivity index (χ4v) is 5.45. The van der Waals surface area contributed by atoms with Crippen molar-refractivity contribution in [2.24, 2.45) is 11.7 Å². The number of nitrogens with two attached hydrogens (primary N) is 1. The van der Waals surface area contributed by atoms with E-state index in [1.807, 2.05) is 0 Å². The van der Waals surface area contributed by atoms with Crippen molar-refractivity contribution in [1.29, 1.82) is 0 Å². The van der Waals surface area contributed by atoms with Crippen LogP contribution >= 0.6 is 11.3 Å². The minimum atomic E-state index is -0.301. The van der Waals surface area contributed by atoms with Crippen LogP contribution in [0.5, 0.6) is 0 Å². The van der Waals surface area contributed by atoms with Crippen molar-refractivity contribution in [2.75, 3.05) is 26.9 Å². The number of methoxy groups -OCH3 is 1. The number of rotatable bonds is 6. The Morgan fingerprint density at radius 3 is 2.56 bits per heavy atom. The van der Waals surface area contributed by atoms with E-state index >= 15 is 0 Å². The van der Waals surface area contributed by atoms with Crippen LogP contribution in [0.15, 0.2) is 0 Å². The van der Waals surface area contributed by atoms with Crippen molar-refractivity contribution in [3.63, 3.8) is 0 Å². The summed E-state index contributed by atoms with van der Waals surface area (Å²) in [4.78, 5) is 14.7. The monoisotopic (exact) mass is 367 g/mol. The lowest BCUT2D eigenvalue weighted by molar-refractivity contribution is -0.182. The van der Waals surface area contributed by atoms with E-state index < -0.39 is 0 Å². The van der Waals surface area contributed by atoms with Gasteiger partial charge in [0.1, 0.15) is 0 Å². The molecule has 3 rings (SSSR count). The molecule has 2 N–H and O–H groups in total. The Kier molecular flexibility index (Phi) is 6.15. The lowest BCUT2D eigenvalue weighted by atomic mass is 9.82. The number of carbonyl (C=O) groups excluding carboxylic acids is 1. The Hall–Kier alpha value is -0.950. The van der Waals surface area contributed by atoms with Gasteiger partial charge in [0.2, 0.25) is 0 Å². The van der Waals surface area contributed by atoms with Gasteiger partial charge in [0.05, 0.1) is 25.9 Å². The van der Waals surface area contributed by atoms with E-state index in [4.69, 9.17) is 19.9 Å². The van der Waals surface area contributed by atoms with Gasteiger partial charge in [-0.25, -0.2) is 4.79 Å². The summed E-state index contributed by atoms with van der Waals surface area (Å²) in [5, 5.41) is 0. The highest BCUT2D eigenvalue weighted by molar-refractivity contribution is 7.12. The summed E-state index contributed by atoms with van der Waals surface area (Å²) in [7, 11) is 1.45. The van der Waals surface area contributed by atoms with Gasteiger partial charge < -0.3 is 19.9 Å². The maximum Gasteiger partial charge on any atom is 0.339 e. The third-order valence-electron chi connectivity index (χ3n) is 5.47. The molecule has 0 atom stereocenters. The first-order valence-corrected chi connectivity index (χ1v) is 10.1. The highest BCUT2D eigenvalue weighted by Gasteiger charge is 2.40. The molecular formula is C19H29NO4S. The second-order valence-electron chi connectivity index (χ2n) is 7.09. The van der Waals surface area contributed by atoms with Crippen molar-refractivity contribution < 1.29 is 19.0 Å². The number of aryl methyl sites for hydroxylation is 1. The van der Waals surface area contributed by atoms with Gasteiger partial charge in [-0.15, -0.1) is 11.3 Å². The second-order valence-corrected chi connectivity index (χ2v) is 8.28. The topological polar surface area (TPSA) is 70.8 Å². The van der Waals surface area contributed by atoms with Crippen LogP contribution in [0.1, 0.15) is 57.8 Å². The van der Waals surface area contributed by atoms with Crippen molar-refractivity contribution in [3.8, 4) is 0 Å². The lowest BCUT2D eigenvalue weighted by Gasteiger charge is -2.35. The van der Waals surface area contributed by atoms with Crippen molar-refractivity contribution >= 4 is 17.3 Å². The molecular weight excluding hydrogens is 338 g/mol. The van der Waals surface area contributed by atoms with Gasteiger partial charge in [0, 0.05) is 22.6 Å². The van der Waals surface area contributed by atoms with Crippen LogP contribution in [0.3, 0.4) is 0 Å². The van der Waals surface area contributed by atoms with Crippen LogP contribution < -0.4 is 5.73 Å². The summed E-state index contributed by atoms with van der Waals surface area (Å²) in [6, 6.07) is 0. The SMILES string of the molecule is COC(=O)c1c(CCCN)sc(CC2CCC3(CC2)OCCO3)c1C. The van der Waals surface area contributed by atoms with E-state index in [0.29, 0.717) is 12.5 Å². The normalized spacial score (nSPS) is 20.3. The van der Waals surface area contributed by atoms with Crippen LogP contribution in [0, 0.1) is 12.8 Å². The van der Waals surface area contributed by atoms with Crippen LogP contribution in [-0.4, -0.2) is 38.6 Å². The first kappa shape index (κ1) is 18.8. The van der Waals surface area contributed by atoms with Gasteiger partial charge in [0.25, 0.3) is 0 Å². The minimum Gasteiger partial charge on any atom is -0.465 e. The Balaban J connectivity index is 1.69. The third kappa shape index (κ3) is 4.08. The molecule has 1 spiro atoms. The number of thiophene rings is 1. The number of carbonyl (C=O) groups is 1. The molecule has 5 nitrogen and oxygen atoms in total. The lowest BCUT2D eigenvalue weighted by Crippen LogP contribution is -2.35. The number of hydrogen-bond donors (Lipinski definition) is 1. The molecule has 1 aliphatic carbocycles. The molecule has 2 aliphatic rings. The fraction of sp³-hybridized carbons (Fsp3) is 0.737. The Morgan fingerprint density at radius 1 is 1.28 bits per heavy atom. The molecule has 0 bridgehead atoms. The standard InChI is InChI=1S/C19H29NO4S/c1-13-16(25-15(4-3-9-20)17(13)18(21)22-2)12-14-5-7-19(8-6-14)23-10-11-24-19/h14H,3-12,20H2,1-2H3. The van der Waals surface area contributed by atoms with Crippen molar-refractivity contribution in [1.82, 2.24) is 0 Å². The predicted molar refractivity (Wildman–Crippen MR) is 98.1 cm³/mol. The zero-order valence-electron chi connectivity index (χ0n) is 15.3. The molecule has 1 aromatic rings. The van der Waals surface area contributed by atoms with E-state index in [-0.39, 0.29) is 11.8 Å². The third-order valence-corrected chi connectivity index (χ3v) is 6.84. The molecule has 1 saturated heterocycles. The van der Waals surface area contributed by atoms with Crippen molar-refractivity contribution in [2.45, 2.75) is 57.7 Å². The second kappa shape index (κ2) is 8.16. The Labute approximate surface area is 153 Å². The number of ether oxygens (including phenoxy) is 3. The van der Waals surface area contributed by atoms with E-state index in [2.05, 4.69) is 6.92 Å². The quantitative estimate of drug-likeness (QED) is 0.782. The average Bonchev–Trinajstić information content (AvgIpc) is 3.20. The number of hydrogen-bond acceptors (Lipinski definition) is 6. The molecule has 1 saturated carbocycles. The van der Waals surface area contributed by atoms with Gasteiger partial charge in [-0.1, -0.05) is 0 Å². The van der Waals surface area contributed by atoms with E-state index in [1.165, 1.54) is 12.0 Å². The first-order valence-electron chi connectivity index (χ1n) is 9.26. The molecule has 2 fully saturated rings. The van der Waals surface area contributed by atoms with Gasteiger partial charge in [-0.05, 0) is 57.1 Å². The molecule has 0 aromatic carbocycles. The molecule has 6 heteroatoms. The van der Waals surface area contributed by atoms with E-state index in [0.717, 1.165) is 74.2 Å². The zero-order chi connectivity index (χ0) is 17.9. The van der Waals surface area contributed by atoms with Crippen LogP contribution in [-0.2, 0) is 27.1 Å². The molecule has 2 heterocycles. The highest BCUT2D eigenvalue weighted by atomic mass is 32.1. The average molecular weight is 368 g/mol. The Morgan fingerprint density at radius 2 is 1.96 bits per heavy atom. The minimum absolute atomic E-state index is 0.220. The Bertz CT molecular complexity index is 597. The van der Waals surface area contributed by atoms with Gasteiger partial charge in [0.15, 0.2) is 5.79 Å².